The van der Waals surface area contributed by atoms with Crippen LogP contribution >= 0.6 is 0 Å². The fourth-order valence-corrected chi connectivity index (χ4v) is 1.92. The summed E-state index contributed by atoms with van der Waals surface area (Å²) in [5.41, 5.74) is 0. The largest absolute Gasteiger partial charge is 0.299 e. The van der Waals surface area contributed by atoms with E-state index in [2.05, 4.69) is 0 Å². The van der Waals surface area contributed by atoms with Crippen molar-refractivity contribution in [2.75, 3.05) is 0 Å². The summed E-state index contributed by atoms with van der Waals surface area (Å²) in [6.07, 6.45) is 5.64. The number of hydrogen-bond acceptors (Lipinski definition) is 2. The maximum atomic E-state index is 11.5. The van der Waals surface area contributed by atoms with Crippen molar-refractivity contribution in [1.29, 1.82) is 0 Å². The molecule has 13 heavy (non-hydrogen) atoms. The highest BCUT2D eigenvalue weighted by Gasteiger charge is 2.32. The zero-order chi connectivity index (χ0) is 9.84. The van der Waals surface area contributed by atoms with E-state index >= 15 is 0 Å². The molecule has 0 aromatic carbocycles. The van der Waals surface area contributed by atoms with Crippen molar-refractivity contribution < 1.29 is 9.59 Å². The Kier molecular flexibility index (Phi) is 3.40. The predicted octanol–water partition coefficient (Wildman–Crippen LogP) is 2.14. The average molecular weight is 180 g/mol. The molecule has 0 aromatic rings. The minimum atomic E-state index is -0.304. The van der Waals surface area contributed by atoms with Crippen molar-refractivity contribution >= 4 is 11.6 Å². The topological polar surface area (TPSA) is 34.1 Å². The molecule has 2 heteroatoms. The number of Topliss-reactive ketones (excluding diaryl/α,β-unsaturated/α-hetero) is 2. The van der Waals surface area contributed by atoms with Crippen LogP contribution in [0.4, 0.5) is 0 Å². The predicted molar refractivity (Wildman–Crippen MR) is 51.3 cm³/mol. The average Bonchev–Trinajstić information content (AvgIpc) is 2.04. The third-order valence-electron chi connectivity index (χ3n) is 2.58. The van der Waals surface area contributed by atoms with Gasteiger partial charge in [0.15, 0.2) is 0 Å². The molecule has 0 spiro atoms. The van der Waals surface area contributed by atoms with Crippen molar-refractivity contribution in [1.82, 2.24) is 0 Å². The highest BCUT2D eigenvalue weighted by atomic mass is 16.2. The molecule has 1 rings (SSSR count). The van der Waals surface area contributed by atoms with E-state index in [1.165, 1.54) is 0 Å². The Bertz CT molecular complexity index is 222. The highest BCUT2D eigenvalue weighted by Crippen LogP contribution is 2.25. The summed E-state index contributed by atoms with van der Waals surface area (Å²) < 4.78 is 0. The summed E-state index contributed by atoms with van der Waals surface area (Å²) in [5, 5.41) is 0. The van der Waals surface area contributed by atoms with Gasteiger partial charge in [-0.1, -0.05) is 19.1 Å². The van der Waals surface area contributed by atoms with Crippen molar-refractivity contribution in [3.63, 3.8) is 0 Å². The molecule has 0 aromatic heterocycles. The lowest BCUT2D eigenvalue weighted by molar-refractivity contribution is -0.136. The van der Waals surface area contributed by atoms with E-state index in [0.29, 0.717) is 19.3 Å². The Morgan fingerprint density at radius 3 is 2.23 bits per heavy atom. The molecule has 0 N–H and O–H groups in total. The van der Waals surface area contributed by atoms with Crippen LogP contribution in [0.5, 0.6) is 0 Å². The standard InChI is InChI=1S/C11H16O2/c1-3-5-8-6-10(12)9(4-2)11(13)7-8/h3,5,8-9H,4,6-7H2,1-2H3/b5-3+. The summed E-state index contributed by atoms with van der Waals surface area (Å²) in [5.74, 6) is 0.109. The van der Waals surface area contributed by atoms with Crippen LogP contribution in [0.3, 0.4) is 0 Å². The molecular formula is C11H16O2. The van der Waals surface area contributed by atoms with Crippen LogP contribution in [-0.2, 0) is 9.59 Å². The first kappa shape index (κ1) is 10.2. The van der Waals surface area contributed by atoms with Gasteiger partial charge in [-0.2, -0.15) is 0 Å². The van der Waals surface area contributed by atoms with E-state index in [1.807, 2.05) is 26.0 Å². The van der Waals surface area contributed by atoms with Crippen molar-refractivity contribution in [3.05, 3.63) is 12.2 Å². The molecular weight excluding hydrogens is 164 g/mol. The van der Waals surface area contributed by atoms with Crippen molar-refractivity contribution in [3.8, 4) is 0 Å². The van der Waals surface area contributed by atoms with E-state index in [1.54, 1.807) is 0 Å². The molecule has 0 saturated heterocycles. The molecule has 72 valence electrons. The molecule has 0 heterocycles. The lowest BCUT2D eigenvalue weighted by atomic mass is 9.79. The SMILES string of the molecule is C/C=C/C1CC(=O)C(CC)C(=O)C1. The Morgan fingerprint density at radius 1 is 1.31 bits per heavy atom. The Labute approximate surface area is 79.0 Å². The van der Waals surface area contributed by atoms with Gasteiger partial charge in [0.2, 0.25) is 0 Å². The van der Waals surface area contributed by atoms with E-state index in [0.717, 1.165) is 0 Å². The van der Waals surface area contributed by atoms with Crippen LogP contribution in [0.15, 0.2) is 12.2 Å². The van der Waals surface area contributed by atoms with Gasteiger partial charge in [-0.05, 0) is 19.3 Å². The van der Waals surface area contributed by atoms with Gasteiger partial charge in [0.1, 0.15) is 11.6 Å². The van der Waals surface area contributed by atoms with E-state index < -0.39 is 0 Å². The van der Waals surface area contributed by atoms with Crippen LogP contribution in [-0.4, -0.2) is 11.6 Å². The number of hydrogen-bond donors (Lipinski definition) is 0. The monoisotopic (exact) mass is 180 g/mol. The van der Waals surface area contributed by atoms with Gasteiger partial charge >= 0.3 is 0 Å². The van der Waals surface area contributed by atoms with E-state index in [9.17, 15) is 9.59 Å². The smallest absolute Gasteiger partial charge is 0.143 e. The molecule has 0 unspecified atom stereocenters. The molecule has 1 aliphatic rings. The van der Waals surface area contributed by atoms with Gasteiger partial charge in [-0.3, -0.25) is 9.59 Å². The van der Waals surface area contributed by atoms with E-state index in [4.69, 9.17) is 0 Å². The third-order valence-corrected chi connectivity index (χ3v) is 2.58. The number of ketones is 2. The van der Waals surface area contributed by atoms with Gasteiger partial charge in [-0.15, -0.1) is 0 Å². The van der Waals surface area contributed by atoms with Gasteiger partial charge in [0, 0.05) is 12.8 Å². The Balaban J connectivity index is 2.67. The number of rotatable bonds is 2. The maximum Gasteiger partial charge on any atom is 0.143 e. The second-order valence-corrected chi connectivity index (χ2v) is 3.59. The van der Waals surface area contributed by atoms with Crippen LogP contribution < -0.4 is 0 Å². The number of carbonyl (C=O) groups excluding carboxylic acids is 2. The number of allylic oxidation sites excluding steroid dienone is 2. The third kappa shape index (κ3) is 2.27. The summed E-state index contributed by atoms with van der Waals surface area (Å²) in [7, 11) is 0. The first-order valence-corrected chi connectivity index (χ1v) is 4.87. The maximum absolute atomic E-state index is 11.5. The summed E-state index contributed by atoms with van der Waals surface area (Å²) in [6, 6.07) is 0. The molecule has 0 amide bonds. The molecule has 1 aliphatic carbocycles. The fourth-order valence-electron chi connectivity index (χ4n) is 1.92. The molecule has 1 saturated carbocycles. The minimum absolute atomic E-state index is 0.127. The molecule has 0 aliphatic heterocycles. The van der Waals surface area contributed by atoms with Gasteiger partial charge in [0.25, 0.3) is 0 Å². The molecule has 2 nitrogen and oxygen atoms in total. The zero-order valence-electron chi connectivity index (χ0n) is 8.25. The first-order chi connectivity index (χ1) is 6.19. The molecule has 0 bridgehead atoms. The van der Waals surface area contributed by atoms with Crippen LogP contribution in [0.1, 0.15) is 33.1 Å². The quantitative estimate of drug-likeness (QED) is 0.482. The summed E-state index contributed by atoms with van der Waals surface area (Å²) in [6.45, 7) is 3.82. The highest BCUT2D eigenvalue weighted by molar-refractivity contribution is 6.04. The summed E-state index contributed by atoms with van der Waals surface area (Å²) in [4.78, 5) is 22.9. The van der Waals surface area contributed by atoms with Crippen molar-refractivity contribution in [2.45, 2.75) is 33.1 Å². The molecule has 0 atom stereocenters. The Morgan fingerprint density at radius 2 is 1.85 bits per heavy atom. The number of carbonyl (C=O) groups is 2. The fraction of sp³-hybridized carbons (Fsp3) is 0.636. The Hall–Kier alpha value is -0.920. The lowest BCUT2D eigenvalue weighted by Crippen LogP contribution is -2.32. The second kappa shape index (κ2) is 4.35. The summed E-state index contributed by atoms with van der Waals surface area (Å²) >= 11 is 0. The van der Waals surface area contributed by atoms with E-state index in [-0.39, 0.29) is 23.4 Å². The normalized spacial score (nSPS) is 30.0. The molecule has 1 fully saturated rings. The van der Waals surface area contributed by atoms with Crippen LogP contribution in [0.2, 0.25) is 0 Å². The second-order valence-electron chi connectivity index (χ2n) is 3.59. The van der Waals surface area contributed by atoms with Gasteiger partial charge in [0.05, 0.1) is 5.92 Å². The minimum Gasteiger partial charge on any atom is -0.299 e. The lowest BCUT2D eigenvalue weighted by Gasteiger charge is -2.23. The van der Waals surface area contributed by atoms with Crippen LogP contribution in [0, 0.1) is 11.8 Å². The van der Waals surface area contributed by atoms with Crippen LogP contribution in [0.25, 0.3) is 0 Å². The van der Waals surface area contributed by atoms with Gasteiger partial charge in [-0.25, -0.2) is 0 Å². The zero-order valence-corrected chi connectivity index (χ0v) is 8.25. The first-order valence-electron chi connectivity index (χ1n) is 4.87. The van der Waals surface area contributed by atoms with Gasteiger partial charge < -0.3 is 0 Å². The molecule has 0 radical (unpaired) electrons. The van der Waals surface area contributed by atoms with Crippen molar-refractivity contribution in [2.24, 2.45) is 11.8 Å².